The number of benzene rings is 3. The Bertz CT molecular complexity index is 1410. The maximum atomic E-state index is 10.9. The molecule has 0 radical (unpaired) electrons. The number of β-amino-alcohol motifs (C(OH)–C–C–N with tert-alkyl or cyclic N) is 1. The van der Waals surface area contributed by atoms with Crippen LogP contribution in [-0.2, 0) is 0 Å². The molecule has 2 heterocycles. The lowest BCUT2D eigenvalue weighted by molar-refractivity contribution is 0.0661. The number of fused-ring (bicyclic) bond motifs is 1. The molecule has 1 atom stereocenters. The van der Waals surface area contributed by atoms with Crippen molar-refractivity contribution in [2.75, 3.05) is 39.5 Å². The van der Waals surface area contributed by atoms with Crippen LogP contribution in [0.4, 0.5) is 0 Å². The van der Waals surface area contributed by atoms with Crippen LogP contribution >= 0.6 is 0 Å². The van der Waals surface area contributed by atoms with Gasteiger partial charge in [0, 0.05) is 31.2 Å². The molecule has 6 nitrogen and oxygen atoms in total. The zero-order valence-electron chi connectivity index (χ0n) is 26.2. The number of hydrogen-bond acceptors (Lipinski definition) is 6. The molecule has 1 N–H and O–H groups in total. The van der Waals surface area contributed by atoms with E-state index in [0.29, 0.717) is 6.54 Å². The number of ether oxygens (including phenoxy) is 3. The average molecular weight is 595 g/mol. The highest BCUT2D eigenvalue weighted by atomic mass is 16.5. The second kappa shape index (κ2) is 16.3. The molecule has 1 aromatic heterocycles. The van der Waals surface area contributed by atoms with E-state index in [2.05, 4.69) is 72.3 Å². The van der Waals surface area contributed by atoms with Crippen LogP contribution in [0.1, 0.15) is 63.5 Å². The third-order valence-electron chi connectivity index (χ3n) is 8.14. The summed E-state index contributed by atoms with van der Waals surface area (Å²) in [7, 11) is 0. The van der Waals surface area contributed by atoms with E-state index < -0.39 is 6.10 Å². The smallest absolute Gasteiger partial charge is 0.128 e. The van der Waals surface area contributed by atoms with Gasteiger partial charge in [0.2, 0.25) is 0 Å². The van der Waals surface area contributed by atoms with Crippen molar-refractivity contribution in [3.63, 3.8) is 0 Å². The molecule has 6 heteroatoms. The number of pyridine rings is 1. The predicted octanol–water partition coefficient (Wildman–Crippen LogP) is 7.93. The number of aliphatic hydroxyl groups excluding tert-OH is 1. The first-order chi connectivity index (χ1) is 21.6. The van der Waals surface area contributed by atoms with Gasteiger partial charge in [-0.3, -0.25) is 9.88 Å². The number of hydrogen-bond donors (Lipinski definition) is 1. The normalized spacial score (nSPS) is 14.4. The van der Waals surface area contributed by atoms with Gasteiger partial charge in [-0.05, 0) is 90.9 Å². The maximum Gasteiger partial charge on any atom is 0.128 e. The summed E-state index contributed by atoms with van der Waals surface area (Å²) in [5.74, 6) is 2.58. The van der Waals surface area contributed by atoms with E-state index in [-0.39, 0.29) is 6.61 Å². The number of piperidine rings is 1. The third-order valence-corrected chi connectivity index (χ3v) is 8.14. The lowest BCUT2D eigenvalue weighted by atomic mass is 9.88. The lowest BCUT2D eigenvalue weighted by Crippen LogP contribution is -2.39. The van der Waals surface area contributed by atoms with Gasteiger partial charge in [0.1, 0.15) is 30.0 Å². The largest absolute Gasteiger partial charge is 0.494 e. The summed E-state index contributed by atoms with van der Waals surface area (Å²) in [6.07, 6.45) is 7.45. The number of rotatable bonds is 15. The molecule has 232 valence electrons. The zero-order valence-corrected chi connectivity index (χ0v) is 26.2. The Hall–Kier alpha value is -3.87. The first-order valence-corrected chi connectivity index (χ1v) is 16.2. The monoisotopic (exact) mass is 594 g/mol. The van der Waals surface area contributed by atoms with Gasteiger partial charge < -0.3 is 19.3 Å². The molecule has 0 amide bonds. The minimum Gasteiger partial charge on any atom is -0.494 e. The SMILES string of the molecule is CCCCOc1ccc(C(=C2CCN(CC(O)COc3cccc4ncccc34)CC2)c2ccc(OCCCC)cc2)cc1. The van der Waals surface area contributed by atoms with Gasteiger partial charge in [0.05, 0.1) is 18.7 Å². The van der Waals surface area contributed by atoms with Crippen LogP contribution in [0.25, 0.3) is 16.5 Å². The van der Waals surface area contributed by atoms with Crippen LogP contribution in [0.3, 0.4) is 0 Å². The molecular formula is C38H46N2O4. The summed E-state index contributed by atoms with van der Waals surface area (Å²) in [6.45, 7) is 8.46. The summed E-state index contributed by atoms with van der Waals surface area (Å²) in [4.78, 5) is 6.74. The van der Waals surface area contributed by atoms with Crippen molar-refractivity contribution in [2.45, 2.75) is 58.5 Å². The molecular weight excluding hydrogens is 548 g/mol. The molecule has 1 fully saturated rings. The summed E-state index contributed by atoms with van der Waals surface area (Å²) in [6, 6.07) is 26.8. The van der Waals surface area contributed by atoms with Gasteiger partial charge in [-0.25, -0.2) is 0 Å². The minimum absolute atomic E-state index is 0.248. The van der Waals surface area contributed by atoms with Crippen molar-refractivity contribution in [1.82, 2.24) is 9.88 Å². The number of nitrogens with zero attached hydrogens (tertiary/aromatic N) is 2. The topological polar surface area (TPSA) is 64.1 Å². The van der Waals surface area contributed by atoms with Crippen molar-refractivity contribution in [1.29, 1.82) is 0 Å². The quantitative estimate of drug-likeness (QED) is 0.141. The lowest BCUT2D eigenvalue weighted by Gasteiger charge is -2.31. The molecule has 0 spiro atoms. The van der Waals surface area contributed by atoms with E-state index in [1.54, 1.807) is 6.20 Å². The highest BCUT2D eigenvalue weighted by molar-refractivity contribution is 5.85. The Labute approximate surface area is 262 Å². The van der Waals surface area contributed by atoms with Gasteiger partial charge in [-0.1, -0.05) is 62.6 Å². The molecule has 1 unspecified atom stereocenters. The fraction of sp³-hybridized carbons (Fsp3) is 0.395. The summed E-state index contributed by atoms with van der Waals surface area (Å²) >= 11 is 0. The molecule has 0 bridgehead atoms. The molecule has 4 aromatic rings. The summed E-state index contributed by atoms with van der Waals surface area (Å²) < 4.78 is 17.9. The first kappa shape index (κ1) is 31.6. The molecule has 5 rings (SSSR count). The van der Waals surface area contributed by atoms with E-state index in [0.717, 1.165) is 93.0 Å². The van der Waals surface area contributed by atoms with E-state index >= 15 is 0 Å². The van der Waals surface area contributed by atoms with E-state index in [1.165, 1.54) is 22.3 Å². The van der Waals surface area contributed by atoms with Crippen LogP contribution < -0.4 is 14.2 Å². The van der Waals surface area contributed by atoms with Crippen LogP contribution in [0, 0.1) is 0 Å². The standard InChI is InChI=1S/C38H46N2O4/c1-3-5-25-42-33-16-12-29(13-17-33)38(30-14-18-34(19-15-30)43-26-6-4-2)31-20-23-40(24-21-31)27-32(41)28-44-37-11-7-10-36-35(37)9-8-22-39-36/h7-19,22,32,41H,3-6,20-21,23-28H2,1-2H3. The predicted molar refractivity (Wildman–Crippen MR) is 179 cm³/mol. The van der Waals surface area contributed by atoms with Crippen LogP contribution in [0.5, 0.6) is 17.2 Å². The van der Waals surface area contributed by atoms with Gasteiger partial charge >= 0.3 is 0 Å². The molecule has 3 aromatic carbocycles. The van der Waals surface area contributed by atoms with E-state index in [9.17, 15) is 5.11 Å². The Morgan fingerprint density at radius 1 is 0.773 bits per heavy atom. The second-order valence-corrected chi connectivity index (χ2v) is 11.5. The molecule has 1 aliphatic heterocycles. The van der Waals surface area contributed by atoms with E-state index in [1.807, 2.05) is 30.3 Å². The third kappa shape index (κ3) is 8.61. The Morgan fingerprint density at radius 2 is 1.39 bits per heavy atom. The Kier molecular flexibility index (Phi) is 11.7. The van der Waals surface area contributed by atoms with Crippen molar-refractivity contribution in [3.8, 4) is 17.2 Å². The summed E-state index contributed by atoms with van der Waals surface area (Å²) in [5.41, 5.74) is 6.03. The van der Waals surface area contributed by atoms with Crippen LogP contribution in [0.2, 0.25) is 0 Å². The first-order valence-electron chi connectivity index (χ1n) is 16.2. The fourth-order valence-corrected chi connectivity index (χ4v) is 5.67. The second-order valence-electron chi connectivity index (χ2n) is 11.5. The van der Waals surface area contributed by atoms with Gasteiger partial charge in [-0.2, -0.15) is 0 Å². The van der Waals surface area contributed by atoms with Crippen molar-refractivity contribution in [3.05, 3.63) is 102 Å². The molecule has 0 saturated carbocycles. The van der Waals surface area contributed by atoms with Gasteiger partial charge in [0.15, 0.2) is 0 Å². The minimum atomic E-state index is -0.576. The van der Waals surface area contributed by atoms with Gasteiger partial charge in [-0.15, -0.1) is 0 Å². The number of unbranched alkanes of at least 4 members (excludes halogenated alkanes) is 2. The zero-order chi connectivity index (χ0) is 30.6. The van der Waals surface area contributed by atoms with Crippen LogP contribution in [-0.4, -0.2) is 60.5 Å². The highest BCUT2D eigenvalue weighted by Gasteiger charge is 2.21. The molecule has 1 aliphatic rings. The van der Waals surface area contributed by atoms with Crippen molar-refractivity contribution in [2.24, 2.45) is 0 Å². The van der Waals surface area contributed by atoms with E-state index in [4.69, 9.17) is 14.2 Å². The average Bonchev–Trinajstić information content (AvgIpc) is 3.06. The molecule has 44 heavy (non-hydrogen) atoms. The number of aliphatic hydroxyl groups is 1. The number of aromatic nitrogens is 1. The van der Waals surface area contributed by atoms with Crippen LogP contribution in [0.15, 0.2) is 90.6 Å². The van der Waals surface area contributed by atoms with Crippen molar-refractivity contribution < 1.29 is 19.3 Å². The highest BCUT2D eigenvalue weighted by Crippen LogP contribution is 2.34. The molecule has 0 aliphatic carbocycles. The number of likely N-dealkylation sites (tertiary alicyclic amines) is 1. The maximum absolute atomic E-state index is 10.9. The van der Waals surface area contributed by atoms with Gasteiger partial charge in [0.25, 0.3) is 0 Å². The summed E-state index contributed by atoms with van der Waals surface area (Å²) in [5, 5.41) is 11.8. The Balaban J connectivity index is 1.25. The molecule has 1 saturated heterocycles. The Morgan fingerprint density at radius 3 is 1.98 bits per heavy atom. The fourth-order valence-electron chi connectivity index (χ4n) is 5.67. The van der Waals surface area contributed by atoms with Crippen molar-refractivity contribution >= 4 is 16.5 Å².